The molecule has 22 heavy (non-hydrogen) atoms. The van der Waals surface area contributed by atoms with E-state index >= 15 is 0 Å². The summed E-state index contributed by atoms with van der Waals surface area (Å²) in [5.41, 5.74) is 3.64. The van der Waals surface area contributed by atoms with E-state index in [-0.39, 0.29) is 0 Å². The lowest BCUT2D eigenvalue weighted by atomic mass is 10.1. The smallest absolute Gasteiger partial charge is 0.262 e. The molecule has 0 spiro atoms. The summed E-state index contributed by atoms with van der Waals surface area (Å²) in [6, 6.07) is 13.0. The maximum atomic E-state index is 12.5. The Kier molecular flexibility index (Phi) is 5.24. The second-order valence-electron chi connectivity index (χ2n) is 5.67. The van der Waals surface area contributed by atoms with Crippen molar-refractivity contribution in [3.8, 4) is 0 Å². The number of nitrogens with one attached hydrogen (secondary N) is 1. The molecule has 4 heteroatoms. The van der Waals surface area contributed by atoms with Crippen LogP contribution in [0.15, 0.2) is 47.4 Å². The van der Waals surface area contributed by atoms with Crippen LogP contribution in [0.3, 0.4) is 0 Å². The average Bonchev–Trinajstić information content (AvgIpc) is 2.45. The fraction of sp³-hybridized carbons (Fsp3) is 0.333. The van der Waals surface area contributed by atoms with Gasteiger partial charge in [-0.1, -0.05) is 43.2 Å². The first-order valence-corrected chi connectivity index (χ1v) is 9.09. The molecular weight excluding hydrogens is 294 g/mol. The number of hydrogen-bond acceptors (Lipinski definition) is 2. The molecule has 0 amide bonds. The van der Waals surface area contributed by atoms with Crippen LogP contribution >= 0.6 is 0 Å². The highest BCUT2D eigenvalue weighted by atomic mass is 32.2. The molecule has 0 saturated carbocycles. The summed E-state index contributed by atoms with van der Waals surface area (Å²) in [6.45, 7) is 5.92. The van der Waals surface area contributed by atoms with Crippen LogP contribution < -0.4 is 4.72 Å². The van der Waals surface area contributed by atoms with Gasteiger partial charge in [0.2, 0.25) is 0 Å². The van der Waals surface area contributed by atoms with Crippen LogP contribution in [0.1, 0.15) is 36.5 Å². The number of unbranched alkanes of at least 4 members (excludes halogenated alkanes) is 1. The average molecular weight is 317 g/mol. The molecule has 0 unspecified atom stereocenters. The quantitative estimate of drug-likeness (QED) is 0.855. The second-order valence-corrected chi connectivity index (χ2v) is 7.33. The Labute approximate surface area is 133 Å². The van der Waals surface area contributed by atoms with Crippen LogP contribution in [0, 0.1) is 13.8 Å². The summed E-state index contributed by atoms with van der Waals surface area (Å²) >= 11 is 0. The highest BCUT2D eigenvalue weighted by molar-refractivity contribution is 7.92. The molecule has 0 radical (unpaired) electrons. The first-order valence-electron chi connectivity index (χ1n) is 7.61. The van der Waals surface area contributed by atoms with E-state index in [2.05, 4.69) is 11.6 Å². The molecule has 1 N–H and O–H groups in total. The van der Waals surface area contributed by atoms with Crippen molar-refractivity contribution >= 4 is 15.7 Å². The van der Waals surface area contributed by atoms with E-state index in [1.54, 1.807) is 6.07 Å². The first kappa shape index (κ1) is 16.6. The minimum absolute atomic E-state index is 0.327. The van der Waals surface area contributed by atoms with Gasteiger partial charge in [-0.15, -0.1) is 0 Å². The van der Waals surface area contributed by atoms with Crippen molar-refractivity contribution in [3.05, 3.63) is 59.2 Å². The molecule has 2 aromatic rings. The Balaban J connectivity index is 2.18. The summed E-state index contributed by atoms with van der Waals surface area (Å²) in [5.74, 6) is 0. The van der Waals surface area contributed by atoms with Gasteiger partial charge < -0.3 is 0 Å². The number of aryl methyl sites for hydroxylation is 3. The molecule has 0 bridgehead atoms. The van der Waals surface area contributed by atoms with Gasteiger partial charge in [0.15, 0.2) is 0 Å². The minimum atomic E-state index is -3.54. The lowest BCUT2D eigenvalue weighted by molar-refractivity contribution is 0.600. The van der Waals surface area contributed by atoms with Crippen molar-refractivity contribution in [2.24, 2.45) is 0 Å². The Morgan fingerprint density at radius 1 is 1.00 bits per heavy atom. The fourth-order valence-electron chi connectivity index (χ4n) is 2.43. The zero-order valence-electron chi connectivity index (χ0n) is 13.4. The van der Waals surface area contributed by atoms with Gasteiger partial charge in [-0.3, -0.25) is 4.72 Å². The van der Waals surface area contributed by atoms with Gasteiger partial charge in [-0.25, -0.2) is 8.42 Å². The number of benzene rings is 2. The van der Waals surface area contributed by atoms with Crippen LogP contribution in [0.4, 0.5) is 5.69 Å². The summed E-state index contributed by atoms with van der Waals surface area (Å²) in [7, 11) is -3.54. The fourth-order valence-corrected chi connectivity index (χ4v) is 3.72. The van der Waals surface area contributed by atoms with E-state index < -0.39 is 10.0 Å². The van der Waals surface area contributed by atoms with Gasteiger partial charge in [0.25, 0.3) is 10.0 Å². The van der Waals surface area contributed by atoms with Crippen molar-refractivity contribution in [3.63, 3.8) is 0 Å². The lowest BCUT2D eigenvalue weighted by Gasteiger charge is -2.11. The molecule has 0 aliphatic rings. The first-order chi connectivity index (χ1) is 10.4. The molecule has 0 aliphatic carbocycles. The number of anilines is 1. The number of rotatable bonds is 6. The largest absolute Gasteiger partial charge is 0.280 e. The maximum Gasteiger partial charge on any atom is 0.262 e. The van der Waals surface area contributed by atoms with E-state index in [0.29, 0.717) is 10.6 Å². The predicted molar refractivity (Wildman–Crippen MR) is 91.8 cm³/mol. The third-order valence-electron chi connectivity index (χ3n) is 3.65. The van der Waals surface area contributed by atoms with E-state index in [9.17, 15) is 8.42 Å². The van der Waals surface area contributed by atoms with Crippen molar-refractivity contribution in [2.45, 2.75) is 44.9 Å². The Morgan fingerprint density at radius 2 is 1.68 bits per heavy atom. The summed E-state index contributed by atoms with van der Waals surface area (Å²) < 4.78 is 27.6. The molecule has 2 aromatic carbocycles. The normalized spacial score (nSPS) is 11.4. The third kappa shape index (κ3) is 4.10. The zero-order valence-corrected chi connectivity index (χ0v) is 14.2. The summed E-state index contributed by atoms with van der Waals surface area (Å²) in [4.78, 5) is 0.327. The van der Waals surface area contributed by atoms with E-state index in [1.165, 1.54) is 5.56 Å². The van der Waals surface area contributed by atoms with Crippen LogP contribution in [0.25, 0.3) is 0 Å². The van der Waals surface area contributed by atoms with Crippen LogP contribution in [0.2, 0.25) is 0 Å². The minimum Gasteiger partial charge on any atom is -0.280 e. The van der Waals surface area contributed by atoms with Gasteiger partial charge in [-0.05, 0) is 56.0 Å². The molecule has 0 aliphatic heterocycles. The number of hydrogen-bond donors (Lipinski definition) is 1. The monoisotopic (exact) mass is 317 g/mol. The van der Waals surface area contributed by atoms with Crippen LogP contribution in [-0.2, 0) is 16.4 Å². The predicted octanol–water partition coefficient (Wildman–Crippen LogP) is 4.45. The highest BCUT2D eigenvalue weighted by Gasteiger charge is 2.16. The van der Waals surface area contributed by atoms with Crippen molar-refractivity contribution in [1.82, 2.24) is 0 Å². The number of sulfonamides is 1. The van der Waals surface area contributed by atoms with Crippen LogP contribution in [-0.4, -0.2) is 8.42 Å². The van der Waals surface area contributed by atoms with Crippen LogP contribution in [0.5, 0.6) is 0 Å². The molecule has 0 saturated heterocycles. The van der Waals surface area contributed by atoms with Gasteiger partial charge in [-0.2, -0.15) is 0 Å². The van der Waals surface area contributed by atoms with Crippen molar-refractivity contribution in [2.75, 3.05) is 4.72 Å². The van der Waals surface area contributed by atoms with Crippen molar-refractivity contribution < 1.29 is 8.42 Å². The topological polar surface area (TPSA) is 46.2 Å². The van der Waals surface area contributed by atoms with E-state index in [4.69, 9.17) is 0 Å². The summed E-state index contributed by atoms with van der Waals surface area (Å²) in [5, 5.41) is 0. The SMILES string of the molecule is CCCCc1ccc(NS(=O)(=O)c2ccc(C)cc2C)cc1. The second kappa shape index (κ2) is 6.97. The standard InChI is InChI=1S/C18H23NO2S/c1-4-5-6-16-8-10-17(11-9-16)19-22(20,21)18-12-7-14(2)13-15(18)3/h7-13,19H,4-6H2,1-3H3. The van der Waals surface area contributed by atoms with Gasteiger partial charge in [0.05, 0.1) is 4.90 Å². The Morgan fingerprint density at radius 3 is 2.27 bits per heavy atom. The molecular formula is C18H23NO2S. The lowest BCUT2D eigenvalue weighted by Crippen LogP contribution is -2.14. The van der Waals surface area contributed by atoms with Gasteiger partial charge >= 0.3 is 0 Å². The molecule has 0 atom stereocenters. The summed E-state index contributed by atoms with van der Waals surface area (Å²) in [6.07, 6.45) is 3.33. The highest BCUT2D eigenvalue weighted by Crippen LogP contribution is 2.21. The van der Waals surface area contributed by atoms with Gasteiger partial charge in [0.1, 0.15) is 0 Å². The van der Waals surface area contributed by atoms with Crippen molar-refractivity contribution in [1.29, 1.82) is 0 Å². The Bertz CT molecular complexity index is 734. The molecule has 2 rings (SSSR count). The maximum absolute atomic E-state index is 12.5. The van der Waals surface area contributed by atoms with Gasteiger partial charge in [0, 0.05) is 5.69 Å². The molecule has 0 aromatic heterocycles. The molecule has 3 nitrogen and oxygen atoms in total. The molecule has 118 valence electrons. The molecule has 0 fully saturated rings. The van der Waals surface area contributed by atoms with E-state index in [0.717, 1.165) is 30.4 Å². The molecule has 0 heterocycles. The zero-order chi connectivity index (χ0) is 16.2. The third-order valence-corrected chi connectivity index (χ3v) is 5.19. The van der Waals surface area contributed by atoms with E-state index in [1.807, 2.05) is 50.2 Å². The Hall–Kier alpha value is -1.81.